The number of hydrogen-bond acceptors (Lipinski definition) is 3. The zero-order chi connectivity index (χ0) is 13.9. The van der Waals surface area contributed by atoms with Gasteiger partial charge in [0.25, 0.3) is 0 Å². The smallest absolute Gasteiger partial charge is 0.166 e. The molecule has 0 amide bonds. The van der Waals surface area contributed by atoms with Gasteiger partial charge in [-0.25, -0.2) is 0 Å². The molecule has 0 N–H and O–H groups in total. The Morgan fingerprint density at radius 1 is 1.10 bits per heavy atom. The second-order valence-corrected chi connectivity index (χ2v) is 4.92. The minimum atomic E-state index is 0.219. The molecule has 0 bridgehead atoms. The predicted octanol–water partition coefficient (Wildman–Crippen LogP) is 3.15. The maximum absolute atomic E-state index is 11.9. The molecule has 0 unspecified atom stereocenters. The fourth-order valence-electron chi connectivity index (χ4n) is 2.55. The Hall–Kier alpha value is -2.60. The number of ketones is 1. The van der Waals surface area contributed by atoms with Gasteiger partial charge in [-0.1, -0.05) is 24.3 Å². The molecule has 0 radical (unpaired) electrons. The van der Waals surface area contributed by atoms with Gasteiger partial charge in [-0.15, -0.1) is 0 Å². The van der Waals surface area contributed by atoms with Gasteiger partial charge in [0.1, 0.15) is 0 Å². The normalized spacial score (nSPS) is 13.8. The predicted molar refractivity (Wildman–Crippen MR) is 77.6 cm³/mol. The van der Waals surface area contributed by atoms with Crippen molar-refractivity contribution in [3.8, 4) is 6.07 Å². The first-order valence-electron chi connectivity index (χ1n) is 6.64. The van der Waals surface area contributed by atoms with E-state index >= 15 is 0 Å². The van der Waals surface area contributed by atoms with E-state index in [1.807, 2.05) is 48.5 Å². The number of nitriles is 1. The molecule has 3 heteroatoms. The number of nitrogens with zero attached hydrogens (tertiary/aromatic N) is 2. The van der Waals surface area contributed by atoms with Gasteiger partial charge in [0.05, 0.1) is 11.6 Å². The number of anilines is 1. The molecule has 98 valence electrons. The molecule has 0 saturated heterocycles. The summed E-state index contributed by atoms with van der Waals surface area (Å²) in [7, 11) is 0. The second-order valence-electron chi connectivity index (χ2n) is 4.92. The molecule has 0 atom stereocenters. The van der Waals surface area contributed by atoms with Crippen LogP contribution in [0, 0.1) is 11.3 Å². The van der Waals surface area contributed by atoms with Crippen LogP contribution >= 0.6 is 0 Å². The van der Waals surface area contributed by atoms with E-state index in [4.69, 9.17) is 5.26 Å². The Morgan fingerprint density at radius 3 is 2.60 bits per heavy atom. The Labute approximate surface area is 118 Å². The number of hydrogen-bond donors (Lipinski definition) is 0. The van der Waals surface area contributed by atoms with Gasteiger partial charge in [0.2, 0.25) is 0 Å². The highest BCUT2D eigenvalue weighted by molar-refractivity contribution is 6.03. The van der Waals surface area contributed by atoms with Crippen LogP contribution in [0.3, 0.4) is 0 Å². The topological polar surface area (TPSA) is 44.1 Å². The number of benzene rings is 2. The van der Waals surface area contributed by atoms with Crippen LogP contribution in [0.4, 0.5) is 5.69 Å². The van der Waals surface area contributed by atoms with E-state index in [2.05, 4.69) is 11.0 Å². The van der Waals surface area contributed by atoms with Gasteiger partial charge in [-0.05, 0) is 29.8 Å². The van der Waals surface area contributed by atoms with Crippen molar-refractivity contribution in [3.05, 3.63) is 65.2 Å². The highest BCUT2D eigenvalue weighted by atomic mass is 16.1. The number of Topliss-reactive ketones (excluding diaryl/α,β-unsaturated/α-hetero) is 1. The molecule has 0 aromatic heterocycles. The van der Waals surface area contributed by atoms with Crippen LogP contribution in [0.5, 0.6) is 0 Å². The van der Waals surface area contributed by atoms with Crippen molar-refractivity contribution >= 4 is 11.5 Å². The van der Waals surface area contributed by atoms with Gasteiger partial charge in [-0.3, -0.25) is 4.79 Å². The van der Waals surface area contributed by atoms with Crippen molar-refractivity contribution in [2.24, 2.45) is 0 Å². The summed E-state index contributed by atoms with van der Waals surface area (Å²) >= 11 is 0. The molecule has 1 heterocycles. The summed E-state index contributed by atoms with van der Waals surface area (Å²) in [4.78, 5) is 14.1. The van der Waals surface area contributed by atoms with Gasteiger partial charge in [0, 0.05) is 30.8 Å². The Balaban J connectivity index is 1.86. The van der Waals surface area contributed by atoms with Crippen molar-refractivity contribution < 1.29 is 4.79 Å². The van der Waals surface area contributed by atoms with E-state index in [0.717, 1.165) is 29.9 Å². The van der Waals surface area contributed by atoms with Crippen LogP contribution in [0.2, 0.25) is 0 Å². The third-order valence-electron chi connectivity index (χ3n) is 3.61. The third kappa shape index (κ3) is 2.28. The molecule has 2 aromatic carbocycles. The molecular weight excluding hydrogens is 248 g/mol. The number of rotatable bonds is 2. The number of fused-ring (bicyclic) bond motifs is 1. The molecule has 20 heavy (non-hydrogen) atoms. The van der Waals surface area contributed by atoms with E-state index in [0.29, 0.717) is 12.0 Å². The van der Waals surface area contributed by atoms with Gasteiger partial charge in [-0.2, -0.15) is 5.26 Å². The minimum Gasteiger partial charge on any atom is -0.366 e. The van der Waals surface area contributed by atoms with Crippen LogP contribution in [-0.4, -0.2) is 12.3 Å². The minimum absolute atomic E-state index is 0.219. The van der Waals surface area contributed by atoms with E-state index in [1.54, 1.807) is 0 Å². The number of para-hydroxylation sites is 1. The maximum Gasteiger partial charge on any atom is 0.166 e. The molecular formula is C17H14N2O. The first-order chi connectivity index (χ1) is 9.78. The van der Waals surface area contributed by atoms with E-state index < -0.39 is 0 Å². The van der Waals surface area contributed by atoms with Crippen molar-refractivity contribution in [3.63, 3.8) is 0 Å². The van der Waals surface area contributed by atoms with Crippen LogP contribution < -0.4 is 4.90 Å². The highest BCUT2D eigenvalue weighted by Gasteiger charge is 2.22. The molecule has 1 aliphatic rings. The first-order valence-corrected chi connectivity index (χ1v) is 6.64. The first kappa shape index (κ1) is 12.4. The summed E-state index contributed by atoms with van der Waals surface area (Å²) in [6.45, 7) is 1.51. The Bertz CT molecular complexity index is 683. The molecule has 1 aliphatic heterocycles. The standard InChI is InChI=1S/C17H14N2O/c18-11-13-5-7-14(8-6-13)12-19-10-9-17(20)15-3-1-2-4-16(15)19/h1-8H,9-10,12H2. The molecule has 0 aliphatic carbocycles. The lowest BCUT2D eigenvalue weighted by molar-refractivity contribution is 0.0979. The van der Waals surface area contributed by atoms with Gasteiger partial charge < -0.3 is 4.90 Å². The maximum atomic E-state index is 11.9. The summed E-state index contributed by atoms with van der Waals surface area (Å²) in [5, 5.41) is 8.81. The SMILES string of the molecule is N#Cc1ccc(CN2CCC(=O)c3ccccc32)cc1. The summed E-state index contributed by atoms with van der Waals surface area (Å²) in [5.74, 6) is 0.219. The highest BCUT2D eigenvalue weighted by Crippen LogP contribution is 2.28. The zero-order valence-electron chi connectivity index (χ0n) is 11.0. The molecule has 3 nitrogen and oxygen atoms in total. The third-order valence-corrected chi connectivity index (χ3v) is 3.61. The fraction of sp³-hybridized carbons (Fsp3) is 0.176. The Kier molecular flexibility index (Phi) is 3.22. The Morgan fingerprint density at radius 2 is 1.85 bits per heavy atom. The van der Waals surface area contributed by atoms with Gasteiger partial charge in [0.15, 0.2) is 5.78 Å². The van der Waals surface area contributed by atoms with Crippen LogP contribution in [-0.2, 0) is 6.54 Å². The lowest BCUT2D eigenvalue weighted by Crippen LogP contribution is -2.31. The van der Waals surface area contributed by atoms with E-state index in [1.165, 1.54) is 0 Å². The fourth-order valence-corrected chi connectivity index (χ4v) is 2.55. The summed E-state index contributed by atoms with van der Waals surface area (Å²) in [5.41, 5.74) is 3.64. The van der Waals surface area contributed by atoms with Gasteiger partial charge >= 0.3 is 0 Å². The zero-order valence-corrected chi connectivity index (χ0v) is 11.0. The summed E-state index contributed by atoms with van der Waals surface area (Å²) < 4.78 is 0. The van der Waals surface area contributed by atoms with Crippen molar-refractivity contribution in [2.75, 3.05) is 11.4 Å². The van der Waals surface area contributed by atoms with Crippen molar-refractivity contribution in [1.29, 1.82) is 5.26 Å². The molecule has 0 saturated carbocycles. The second kappa shape index (κ2) is 5.18. The van der Waals surface area contributed by atoms with Crippen LogP contribution in [0.15, 0.2) is 48.5 Å². The van der Waals surface area contributed by atoms with Crippen molar-refractivity contribution in [1.82, 2.24) is 0 Å². The van der Waals surface area contributed by atoms with Crippen LogP contribution in [0.1, 0.15) is 27.9 Å². The lowest BCUT2D eigenvalue weighted by atomic mass is 10.00. The monoisotopic (exact) mass is 262 g/mol. The summed E-state index contributed by atoms with van der Waals surface area (Å²) in [6, 6.07) is 17.5. The largest absolute Gasteiger partial charge is 0.366 e. The lowest BCUT2D eigenvalue weighted by Gasteiger charge is -2.30. The number of carbonyl (C=O) groups is 1. The van der Waals surface area contributed by atoms with Crippen LogP contribution in [0.25, 0.3) is 0 Å². The number of carbonyl (C=O) groups excluding carboxylic acids is 1. The van der Waals surface area contributed by atoms with Crippen molar-refractivity contribution in [2.45, 2.75) is 13.0 Å². The quantitative estimate of drug-likeness (QED) is 0.835. The average Bonchev–Trinajstić information content (AvgIpc) is 2.51. The average molecular weight is 262 g/mol. The molecule has 0 spiro atoms. The molecule has 3 rings (SSSR count). The summed E-state index contributed by atoms with van der Waals surface area (Å²) in [6.07, 6.45) is 0.563. The van der Waals surface area contributed by atoms with E-state index in [9.17, 15) is 4.79 Å². The molecule has 2 aromatic rings. The van der Waals surface area contributed by atoms with E-state index in [-0.39, 0.29) is 5.78 Å². The molecule has 0 fully saturated rings.